The standard InChI is InChI=1S/C12H13BrClNO2/c1-12(4-5-17-7-12)15-11(16)8-2-3-10(14)9(13)6-8/h2-3,6H,4-5,7H2,1H3,(H,15,16). The molecule has 2 rings (SSSR count). The van der Waals surface area contributed by atoms with Crippen LogP contribution in [0.5, 0.6) is 0 Å². The number of carbonyl (C=O) groups excluding carboxylic acids is 1. The molecule has 1 amide bonds. The molecule has 1 aromatic rings. The van der Waals surface area contributed by atoms with Crippen LogP contribution >= 0.6 is 27.5 Å². The van der Waals surface area contributed by atoms with Crippen LogP contribution in [0.1, 0.15) is 23.7 Å². The molecule has 1 saturated heterocycles. The first-order chi connectivity index (χ1) is 8.00. The summed E-state index contributed by atoms with van der Waals surface area (Å²) in [7, 11) is 0. The summed E-state index contributed by atoms with van der Waals surface area (Å²) in [6.45, 7) is 3.25. The van der Waals surface area contributed by atoms with E-state index in [4.69, 9.17) is 16.3 Å². The Morgan fingerprint density at radius 1 is 1.59 bits per heavy atom. The second-order valence-corrected chi connectivity index (χ2v) is 5.71. The second kappa shape index (κ2) is 4.96. The zero-order valence-corrected chi connectivity index (χ0v) is 11.8. The summed E-state index contributed by atoms with van der Waals surface area (Å²) >= 11 is 9.19. The smallest absolute Gasteiger partial charge is 0.251 e. The van der Waals surface area contributed by atoms with Crippen LogP contribution in [0.2, 0.25) is 5.02 Å². The highest BCUT2D eigenvalue weighted by Crippen LogP contribution is 2.24. The highest BCUT2D eigenvalue weighted by Gasteiger charge is 2.31. The quantitative estimate of drug-likeness (QED) is 0.910. The van der Waals surface area contributed by atoms with E-state index < -0.39 is 0 Å². The zero-order valence-electron chi connectivity index (χ0n) is 9.43. The molecule has 5 heteroatoms. The minimum Gasteiger partial charge on any atom is -0.379 e. The van der Waals surface area contributed by atoms with Crippen molar-refractivity contribution in [3.05, 3.63) is 33.3 Å². The Morgan fingerprint density at radius 2 is 2.35 bits per heavy atom. The maximum Gasteiger partial charge on any atom is 0.251 e. The van der Waals surface area contributed by atoms with E-state index in [1.165, 1.54) is 0 Å². The monoisotopic (exact) mass is 317 g/mol. The van der Waals surface area contributed by atoms with E-state index in [1.807, 2.05) is 6.92 Å². The first-order valence-electron chi connectivity index (χ1n) is 5.35. The van der Waals surface area contributed by atoms with Crippen LogP contribution in [0.15, 0.2) is 22.7 Å². The van der Waals surface area contributed by atoms with E-state index in [0.29, 0.717) is 23.8 Å². The first kappa shape index (κ1) is 12.9. The third kappa shape index (κ3) is 3.00. The number of carbonyl (C=O) groups is 1. The summed E-state index contributed by atoms with van der Waals surface area (Å²) in [6.07, 6.45) is 0.841. The van der Waals surface area contributed by atoms with Crippen LogP contribution in [0.25, 0.3) is 0 Å². The van der Waals surface area contributed by atoms with Gasteiger partial charge in [0, 0.05) is 16.6 Å². The van der Waals surface area contributed by atoms with E-state index in [-0.39, 0.29) is 11.4 Å². The normalized spacial score (nSPS) is 23.7. The lowest BCUT2D eigenvalue weighted by molar-refractivity contribution is 0.0890. The maximum atomic E-state index is 12.0. The number of hydrogen-bond donors (Lipinski definition) is 1. The number of amides is 1. The van der Waals surface area contributed by atoms with Crippen molar-refractivity contribution in [1.82, 2.24) is 5.32 Å². The predicted octanol–water partition coefficient (Wildman–Crippen LogP) is 3.01. The van der Waals surface area contributed by atoms with Gasteiger partial charge in [0.2, 0.25) is 0 Å². The molecule has 1 atom stereocenters. The first-order valence-corrected chi connectivity index (χ1v) is 6.53. The van der Waals surface area contributed by atoms with Crippen LogP contribution in [-0.4, -0.2) is 24.7 Å². The van der Waals surface area contributed by atoms with Crippen molar-refractivity contribution < 1.29 is 9.53 Å². The molecule has 0 aliphatic carbocycles. The van der Waals surface area contributed by atoms with Gasteiger partial charge in [0.25, 0.3) is 5.91 Å². The Morgan fingerprint density at radius 3 is 2.94 bits per heavy atom. The van der Waals surface area contributed by atoms with Gasteiger partial charge in [-0.1, -0.05) is 11.6 Å². The molecule has 1 aromatic carbocycles. The number of ether oxygens (including phenoxy) is 1. The highest BCUT2D eigenvalue weighted by molar-refractivity contribution is 9.10. The van der Waals surface area contributed by atoms with E-state index in [0.717, 1.165) is 10.9 Å². The number of rotatable bonds is 2. The molecule has 1 fully saturated rings. The van der Waals surface area contributed by atoms with Gasteiger partial charge in [0.05, 0.1) is 17.2 Å². The van der Waals surface area contributed by atoms with Gasteiger partial charge in [0.1, 0.15) is 0 Å². The van der Waals surface area contributed by atoms with Gasteiger partial charge in [-0.2, -0.15) is 0 Å². The van der Waals surface area contributed by atoms with E-state index >= 15 is 0 Å². The molecule has 0 bridgehead atoms. The van der Waals surface area contributed by atoms with E-state index in [1.54, 1.807) is 18.2 Å². The SMILES string of the molecule is CC1(NC(=O)c2ccc(Cl)c(Br)c2)CCOC1. The van der Waals surface area contributed by atoms with Crippen molar-refractivity contribution in [2.45, 2.75) is 18.9 Å². The van der Waals surface area contributed by atoms with Crippen molar-refractivity contribution in [3.63, 3.8) is 0 Å². The molecule has 1 N–H and O–H groups in total. The Bertz CT molecular complexity index is 444. The Hall–Kier alpha value is -0.580. The van der Waals surface area contributed by atoms with Crippen LogP contribution in [-0.2, 0) is 4.74 Å². The number of halogens is 2. The van der Waals surface area contributed by atoms with E-state index in [2.05, 4.69) is 21.2 Å². The highest BCUT2D eigenvalue weighted by atomic mass is 79.9. The average molecular weight is 319 g/mol. The molecule has 0 aromatic heterocycles. The van der Waals surface area contributed by atoms with Crippen molar-refractivity contribution in [3.8, 4) is 0 Å². The summed E-state index contributed by atoms with van der Waals surface area (Å²) in [6, 6.07) is 5.13. The number of nitrogens with one attached hydrogen (secondary N) is 1. The van der Waals surface area contributed by atoms with Crippen LogP contribution in [0.3, 0.4) is 0 Å². The fraction of sp³-hybridized carbons (Fsp3) is 0.417. The molecule has 0 saturated carbocycles. The van der Waals surface area contributed by atoms with Gasteiger partial charge in [-0.25, -0.2) is 0 Å². The van der Waals surface area contributed by atoms with Gasteiger partial charge >= 0.3 is 0 Å². The minimum atomic E-state index is -0.261. The Kier molecular flexibility index (Phi) is 3.76. The van der Waals surface area contributed by atoms with Crippen LogP contribution < -0.4 is 5.32 Å². The van der Waals surface area contributed by atoms with Crippen molar-refractivity contribution in [1.29, 1.82) is 0 Å². The molecule has 1 heterocycles. The lowest BCUT2D eigenvalue weighted by Gasteiger charge is -2.23. The molecular weight excluding hydrogens is 305 g/mol. The van der Waals surface area contributed by atoms with Crippen molar-refractivity contribution >= 4 is 33.4 Å². The van der Waals surface area contributed by atoms with Gasteiger partial charge in [-0.05, 0) is 47.5 Å². The fourth-order valence-corrected chi connectivity index (χ4v) is 2.25. The minimum absolute atomic E-state index is 0.102. The predicted molar refractivity (Wildman–Crippen MR) is 70.5 cm³/mol. The summed E-state index contributed by atoms with van der Waals surface area (Å²) in [4.78, 5) is 12.0. The third-order valence-corrected chi connectivity index (χ3v) is 4.03. The number of benzene rings is 1. The maximum absolute atomic E-state index is 12.0. The second-order valence-electron chi connectivity index (χ2n) is 4.45. The van der Waals surface area contributed by atoms with Crippen molar-refractivity contribution in [2.24, 2.45) is 0 Å². The van der Waals surface area contributed by atoms with Gasteiger partial charge in [-0.3, -0.25) is 4.79 Å². The molecular formula is C12H13BrClNO2. The van der Waals surface area contributed by atoms with Crippen LogP contribution in [0, 0.1) is 0 Å². The molecule has 3 nitrogen and oxygen atoms in total. The number of hydrogen-bond acceptors (Lipinski definition) is 2. The Balaban J connectivity index is 2.11. The fourth-order valence-electron chi connectivity index (χ4n) is 1.75. The van der Waals surface area contributed by atoms with Gasteiger partial charge in [-0.15, -0.1) is 0 Å². The van der Waals surface area contributed by atoms with Crippen molar-refractivity contribution in [2.75, 3.05) is 13.2 Å². The molecule has 1 aliphatic heterocycles. The lowest BCUT2D eigenvalue weighted by atomic mass is 10.0. The van der Waals surface area contributed by atoms with Gasteiger partial charge in [0.15, 0.2) is 0 Å². The van der Waals surface area contributed by atoms with E-state index in [9.17, 15) is 4.79 Å². The third-order valence-electron chi connectivity index (χ3n) is 2.82. The topological polar surface area (TPSA) is 38.3 Å². The molecule has 1 aliphatic rings. The molecule has 1 unspecified atom stereocenters. The van der Waals surface area contributed by atoms with Gasteiger partial charge < -0.3 is 10.1 Å². The molecule has 92 valence electrons. The summed E-state index contributed by atoms with van der Waals surface area (Å²) < 4.78 is 6.02. The lowest BCUT2D eigenvalue weighted by Crippen LogP contribution is -2.46. The Labute approximate surface area is 114 Å². The molecule has 0 radical (unpaired) electrons. The largest absolute Gasteiger partial charge is 0.379 e. The summed E-state index contributed by atoms with van der Waals surface area (Å²) in [5.74, 6) is -0.102. The zero-order chi connectivity index (χ0) is 12.5. The average Bonchev–Trinajstić information content (AvgIpc) is 2.69. The summed E-state index contributed by atoms with van der Waals surface area (Å²) in [5, 5.41) is 3.58. The molecule has 17 heavy (non-hydrogen) atoms. The van der Waals surface area contributed by atoms with Crippen LogP contribution in [0.4, 0.5) is 0 Å². The molecule has 0 spiro atoms. The summed E-state index contributed by atoms with van der Waals surface area (Å²) in [5.41, 5.74) is 0.331.